The van der Waals surface area contributed by atoms with E-state index in [0.717, 1.165) is 38.5 Å². The molecule has 2 spiro atoms. The Morgan fingerprint density at radius 3 is 2.33 bits per heavy atom. The van der Waals surface area contributed by atoms with Crippen molar-refractivity contribution in [3.63, 3.8) is 0 Å². The molecule has 0 radical (unpaired) electrons. The minimum atomic E-state index is -1.29. The number of carbonyl (C=O) groups is 2. The Balaban J connectivity index is 1.27. The molecule has 0 aromatic heterocycles. The molecule has 5 aliphatic carbocycles. The topological polar surface area (TPSA) is 110 Å². The number of esters is 1. The van der Waals surface area contributed by atoms with Crippen molar-refractivity contribution in [1.29, 1.82) is 0 Å². The van der Waals surface area contributed by atoms with E-state index in [1.54, 1.807) is 28.1 Å². The van der Waals surface area contributed by atoms with Gasteiger partial charge < -0.3 is 33.5 Å². The van der Waals surface area contributed by atoms with Gasteiger partial charge in [0, 0.05) is 32.5 Å². The van der Waals surface area contributed by atoms with E-state index in [2.05, 4.69) is 34.6 Å². The first-order valence-electron chi connectivity index (χ1n) is 17.3. The fourth-order valence-electron chi connectivity index (χ4n) is 12.7. The van der Waals surface area contributed by atoms with Gasteiger partial charge in [-0.15, -0.1) is 0 Å². The van der Waals surface area contributed by atoms with E-state index in [4.69, 9.17) is 28.4 Å². The average Bonchev–Trinajstić information content (AvgIpc) is 3.59. The number of methoxy groups -OCH3 is 2. The first-order valence-corrected chi connectivity index (χ1v) is 17.3. The molecule has 1 saturated heterocycles. The molecule has 6 aliphatic rings. The van der Waals surface area contributed by atoms with Crippen LogP contribution in [0.3, 0.4) is 0 Å². The van der Waals surface area contributed by atoms with E-state index in [9.17, 15) is 14.7 Å². The van der Waals surface area contributed by atoms with Gasteiger partial charge in [-0.3, -0.25) is 9.59 Å². The van der Waals surface area contributed by atoms with Gasteiger partial charge in [0.15, 0.2) is 18.7 Å². The van der Waals surface area contributed by atoms with Crippen molar-refractivity contribution in [1.82, 2.24) is 0 Å². The number of ether oxygens (including phenoxy) is 6. The third-order valence-corrected chi connectivity index (χ3v) is 14.6. The third kappa shape index (κ3) is 4.60. The Morgan fingerprint density at radius 1 is 1.04 bits per heavy atom. The monoisotopic (exact) mass is 634 g/mol. The Hall–Kier alpha value is -1.10. The number of fused-ring (bicyclic) bond motifs is 4. The van der Waals surface area contributed by atoms with Crippen LogP contribution < -0.4 is 0 Å². The summed E-state index contributed by atoms with van der Waals surface area (Å²) in [6.45, 7) is 15.6. The summed E-state index contributed by atoms with van der Waals surface area (Å²) in [6.07, 6.45) is 6.28. The predicted octanol–water partition coefficient (Wildman–Crippen LogP) is 5.65. The first kappa shape index (κ1) is 33.8. The number of ketones is 1. The summed E-state index contributed by atoms with van der Waals surface area (Å²) in [5, 5.41) is 11.0. The number of Topliss-reactive ketones (excluding diaryl/α,β-unsaturated/α-hetero) is 1. The normalized spacial score (nSPS) is 47.8. The molecule has 6 fully saturated rings. The van der Waals surface area contributed by atoms with Crippen molar-refractivity contribution in [2.45, 2.75) is 143 Å². The molecule has 9 heteroatoms. The number of rotatable bonds is 9. The van der Waals surface area contributed by atoms with Crippen molar-refractivity contribution in [3.05, 3.63) is 0 Å². The van der Waals surface area contributed by atoms with Crippen LogP contribution in [0.4, 0.5) is 0 Å². The van der Waals surface area contributed by atoms with E-state index in [0.29, 0.717) is 18.3 Å². The van der Waals surface area contributed by atoms with Crippen molar-refractivity contribution < 1.29 is 43.1 Å². The molecule has 6 rings (SSSR count). The number of hydrogen-bond acceptors (Lipinski definition) is 9. The van der Waals surface area contributed by atoms with E-state index < -0.39 is 41.8 Å². The quantitative estimate of drug-likeness (QED) is 0.254. The molecule has 5 saturated carbocycles. The lowest BCUT2D eigenvalue weighted by molar-refractivity contribution is -0.335. The van der Waals surface area contributed by atoms with Crippen LogP contribution in [0, 0.1) is 50.7 Å². The first-order chi connectivity index (χ1) is 20.9. The molecule has 0 bridgehead atoms. The Kier molecular flexibility index (Phi) is 8.23. The minimum Gasteiger partial charge on any atom is -0.457 e. The standard InChI is InChI=1S/C36H58O9/c1-20-17-22(29(32(5,6)39)43-21(2)37)44-27-26(20)33(7)15-16-36-18-35(36)14-13-25(45-30(41-10)42-19-40-9)31(3,4)23(35)11-12-24(36)34(33,8)28(27)38/h20,22-27,29-30,39H,11-19H2,1-10H3/t20-,22?,23+,24?,25+,26+,27?,29+,30+,33-,34-,35?,36+/m1/s1. The summed E-state index contributed by atoms with van der Waals surface area (Å²) in [5.41, 5.74) is -1.62. The zero-order valence-corrected chi connectivity index (χ0v) is 29.3. The minimum absolute atomic E-state index is 0.0108. The molecule has 256 valence electrons. The summed E-state index contributed by atoms with van der Waals surface area (Å²) in [4.78, 5) is 27.0. The van der Waals surface area contributed by atoms with Crippen molar-refractivity contribution in [2.75, 3.05) is 21.0 Å². The highest BCUT2D eigenvalue weighted by atomic mass is 16.9. The Bertz CT molecular complexity index is 1180. The van der Waals surface area contributed by atoms with Gasteiger partial charge in [-0.1, -0.05) is 34.6 Å². The molecule has 0 aromatic carbocycles. The van der Waals surface area contributed by atoms with Crippen LogP contribution in [0.15, 0.2) is 0 Å². The largest absolute Gasteiger partial charge is 0.457 e. The van der Waals surface area contributed by atoms with Gasteiger partial charge in [0.1, 0.15) is 6.10 Å². The highest BCUT2D eigenvalue weighted by Crippen LogP contribution is 2.89. The smallest absolute Gasteiger partial charge is 0.303 e. The summed E-state index contributed by atoms with van der Waals surface area (Å²) in [7, 11) is 3.19. The molecule has 13 atom stereocenters. The molecule has 4 unspecified atom stereocenters. The maximum absolute atomic E-state index is 14.9. The molecule has 1 N–H and O–H groups in total. The summed E-state index contributed by atoms with van der Waals surface area (Å²) < 4.78 is 35.0. The second-order valence-corrected chi connectivity index (χ2v) is 17.3. The van der Waals surface area contributed by atoms with Crippen molar-refractivity contribution in [3.8, 4) is 0 Å². The molecule has 0 amide bonds. The van der Waals surface area contributed by atoms with Crippen LogP contribution in [-0.4, -0.2) is 74.4 Å². The lowest BCUT2D eigenvalue weighted by Crippen LogP contribution is -2.59. The fraction of sp³-hybridized carbons (Fsp3) is 0.944. The van der Waals surface area contributed by atoms with Crippen LogP contribution in [0.25, 0.3) is 0 Å². The van der Waals surface area contributed by atoms with Gasteiger partial charge in [0.2, 0.25) is 0 Å². The zero-order valence-electron chi connectivity index (χ0n) is 29.3. The van der Waals surface area contributed by atoms with Gasteiger partial charge in [-0.2, -0.15) is 0 Å². The van der Waals surface area contributed by atoms with Gasteiger partial charge in [0.05, 0.1) is 17.8 Å². The summed E-state index contributed by atoms with van der Waals surface area (Å²) in [5.74, 6) is 0.909. The fourth-order valence-corrected chi connectivity index (χ4v) is 12.7. The van der Waals surface area contributed by atoms with Crippen molar-refractivity contribution >= 4 is 11.8 Å². The number of hydrogen-bond donors (Lipinski definition) is 1. The van der Waals surface area contributed by atoms with E-state index in [1.165, 1.54) is 13.3 Å². The molecule has 45 heavy (non-hydrogen) atoms. The van der Waals surface area contributed by atoms with Gasteiger partial charge in [0.25, 0.3) is 6.48 Å². The highest BCUT2D eigenvalue weighted by molar-refractivity contribution is 5.93. The van der Waals surface area contributed by atoms with E-state index >= 15 is 0 Å². The molecule has 1 heterocycles. The van der Waals surface area contributed by atoms with Gasteiger partial charge in [-0.05, 0) is 105 Å². The van der Waals surface area contributed by atoms with Crippen molar-refractivity contribution in [2.24, 2.45) is 50.7 Å². The third-order valence-electron chi connectivity index (χ3n) is 14.6. The predicted molar refractivity (Wildman–Crippen MR) is 166 cm³/mol. The van der Waals surface area contributed by atoms with Crippen LogP contribution in [-0.2, 0) is 38.0 Å². The maximum Gasteiger partial charge on any atom is 0.303 e. The van der Waals surface area contributed by atoms with Crippen LogP contribution in [0.1, 0.15) is 107 Å². The second kappa shape index (κ2) is 11.0. The number of carbonyl (C=O) groups excluding carboxylic acids is 2. The Labute approximate surface area is 269 Å². The lowest BCUT2D eigenvalue weighted by Gasteiger charge is -2.62. The number of aliphatic hydroxyl groups is 1. The maximum atomic E-state index is 14.9. The second-order valence-electron chi connectivity index (χ2n) is 17.3. The van der Waals surface area contributed by atoms with Crippen LogP contribution >= 0.6 is 0 Å². The molecule has 0 aromatic rings. The lowest BCUT2D eigenvalue weighted by atomic mass is 9.41. The highest BCUT2D eigenvalue weighted by Gasteiger charge is 2.85. The molecule has 9 nitrogen and oxygen atoms in total. The Morgan fingerprint density at radius 2 is 1.71 bits per heavy atom. The van der Waals surface area contributed by atoms with Crippen LogP contribution in [0.2, 0.25) is 0 Å². The summed E-state index contributed by atoms with van der Waals surface area (Å²) in [6, 6.07) is 0. The van der Waals surface area contributed by atoms with Gasteiger partial charge in [-0.25, -0.2) is 0 Å². The average molecular weight is 635 g/mol. The zero-order chi connectivity index (χ0) is 33.0. The van der Waals surface area contributed by atoms with E-state index in [1.807, 2.05) is 0 Å². The van der Waals surface area contributed by atoms with Gasteiger partial charge >= 0.3 is 5.97 Å². The summed E-state index contributed by atoms with van der Waals surface area (Å²) >= 11 is 0. The SMILES string of the molecule is COCO[C@H](OC)O[C@H]1CCC23C[C@]24CC[C@]2(C)[C@@H]5C(OC([C@H](OC(C)=O)C(C)(C)O)C[C@H]5C)C(=O)[C@@]2(C)C4CC[C@H]3C1(C)C. The van der Waals surface area contributed by atoms with Crippen LogP contribution in [0.5, 0.6) is 0 Å². The molecular weight excluding hydrogens is 576 g/mol. The van der Waals surface area contributed by atoms with E-state index in [-0.39, 0.29) is 52.2 Å². The molecule has 1 aliphatic heterocycles. The molecular formula is C36H58O9.